The zero-order valence-electron chi connectivity index (χ0n) is 14.5. The molecule has 1 N–H and O–H groups in total. The number of rotatable bonds is 5. The Hall–Kier alpha value is -2.77. The lowest BCUT2D eigenvalue weighted by atomic mass is 10.0. The van der Waals surface area contributed by atoms with Gasteiger partial charge in [-0.2, -0.15) is 5.10 Å². The van der Waals surface area contributed by atoms with E-state index in [1.54, 1.807) is 23.0 Å². The predicted octanol–water partition coefficient (Wildman–Crippen LogP) is 0.842. The zero-order chi connectivity index (χ0) is 17.9. The van der Waals surface area contributed by atoms with Crippen molar-refractivity contribution in [2.24, 2.45) is 5.92 Å². The van der Waals surface area contributed by atoms with Gasteiger partial charge < -0.3 is 10.2 Å². The van der Waals surface area contributed by atoms with Crippen LogP contribution in [-0.4, -0.2) is 44.8 Å². The van der Waals surface area contributed by atoms with Crippen LogP contribution in [0.1, 0.15) is 36.2 Å². The van der Waals surface area contributed by atoms with Gasteiger partial charge in [0, 0.05) is 44.1 Å². The van der Waals surface area contributed by atoms with Crippen LogP contribution in [0, 0.1) is 5.92 Å². The van der Waals surface area contributed by atoms with E-state index in [0.29, 0.717) is 11.6 Å². The number of hydrogen-bond acceptors (Lipinski definition) is 6. The van der Waals surface area contributed by atoms with Gasteiger partial charge in [0.05, 0.1) is 6.20 Å². The summed E-state index contributed by atoms with van der Waals surface area (Å²) in [4.78, 5) is 34.2. The fraction of sp³-hybridized carbons (Fsp3) is 0.500. The molecule has 1 amide bonds. The molecular weight excluding hydrogens is 332 g/mol. The minimum atomic E-state index is -0.187. The standard InChI is InChI=1S/C18H22N6O2/c25-17-4-3-16(22-24(17)12-13-1-2-13)23-9-5-14(6-10-23)21-18(26)15-11-19-7-8-20-15/h3-4,7-8,11,13-14H,1-2,5-6,9-10,12H2,(H,21,26). The molecule has 0 spiro atoms. The summed E-state index contributed by atoms with van der Waals surface area (Å²) in [6.45, 7) is 2.30. The van der Waals surface area contributed by atoms with Crippen molar-refractivity contribution in [1.29, 1.82) is 0 Å². The molecule has 2 aromatic heterocycles. The molecule has 136 valence electrons. The Morgan fingerprint density at radius 1 is 1.15 bits per heavy atom. The molecule has 2 aromatic rings. The van der Waals surface area contributed by atoms with Crippen LogP contribution in [0.15, 0.2) is 35.5 Å². The highest BCUT2D eigenvalue weighted by Crippen LogP contribution is 2.30. The number of piperidine rings is 1. The van der Waals surface area contributed by atoms with E-state index in [1.165, 1.54) is 25.2 Å². The van der Waals surface area contributed by atoms with Crippen LogP contribution in [0.25, 0.3) is 0 Å². The van der Waals surface area contributed by atoms with Crippen molar-refractivity contribution in [1.82, 2.24) is 25.1 Å². The third kappa shape index (κ3) is 3.89. The van der Waals surface area contributed by atoms with Gasteiger partial charge in [-0.3, -0.25) is 14.6 Å². The third-order valence-electron chi connectivity index (χ3n) is 4.93. The molecule has 3 heterocycles. The predicted molar refractivity (Wildman–Crippen MR) is 96.0 cm³/mol. The Kier molecular flexibility index (Phi) is 4.64. The van der Waals surface area contributed by atoms with E-state index < -0.39 is 0 Å². The topological polar surface area (TPSA) is 93.0 Å². The summed E-state index contributed by atoms with van der Waals surface area (Å²) in [6.07, 6.45) is 8.57. The number of nitrogens with zero attached hydrogens (tertiary/aromatic N) is 5. The SMILES string of the molecule is O=C(NC1CCN(c2ccc(=O)n(CC3CC3)n2)CC1)c1cnccn1. The van der Waals surface area contributed by atoms with E-state index in [-0.39, 0.29) is 17.5 Å². The second-order valence-electron chi connectivity index (χ2n) is 6.98. The van der Waals surface area contributed by atoms with Crippen LogP contribution in [0.4, 0.5) is 5.82 Å². The molecule has 2 aliphatic rings. The summed E-state index contributed by atoms with van der Waals surface area (Å²) < 4.78 is 1.59. The summed E-state index contributed by atoms with van der Waals surface area (Å²) in [6, 6.07) is 3.51. The van der Waals surface area contributed by atoms with Crippen molar-refractivity contribution in [2.75, 3.05) is 18.0 Å². The Morgan fingerprint density at radius 3 is 2.65 bits per heavy atom. The van der Waals surface area contributed by atoms with Crippen LogP contribution in [0.3, 0.4) is 0 Å². The summed E-state index contributed by atoms with van der Waals surface area (Å²) in [5.74, 6) is 1.26. The Balaban J connectivity index is 1.34. The Labute approximate surface area is 151 Å². The minimum Gasteiger partial charge on any atom is -0.355 e. The first-order valence-electron chi connectivity index (χ1n) is 9.09. The average Bonchev–Trinajstić information content (AvgIpc) is 3.49. The quantitative estimate of drug-likeness (QED) is 0.855. The lowest BCUT2D eigenvalue weighted by Gasteiger charge is -2.33. The number of carbonyl (C=O) groups is 1. The van der Waals surface area contributed by atoms with E-state index in [0.717, 1.165) is 38.3 Å². The molecule has 1 aliphatic heterocycles. The molecule has 0 unspecified atom stereocenters. The minimum absolute atomic E-state index is 0.0354. The van der Waals surface area contributed by atoms with Crippen LogP contribution < -0.4 is 15.8 Å². The largest absolute Gasteiger partial charge is 0.355 e. The second-order valence-corrected chi connectivity index (χ2v) is 6.98. The summed E-state index contributed by atoms with van der Waals surface area (Å²) >= 11 is 0. The third-order valence-corrected chi connectivity index (χ3v) is 4.93. The van der Waals surface area contributed by atoms with Crippen LogP contribution in [-0.2, 0) is 6.54 Å². The lowest BCUT2D eigenvalue weighted by molar-refractivity contribution is 0.0925. The summed E-state index contributed by atoms with van der Waals surface area (Å²) in [5, 5.41) is 7.55. The van der Waals surface area contributed by atoms with Gasteiger partial charge in [-0.05, 0) is 37.7 Å². The molecule has 8 heteroatoms. The summed E-state index contributed by atoms with van der Waals surface area (Å²) in [7, 11) is 0. The highest BCUT2D eigenvalue weighted by atomic mass is 16.2. The lowest BCUT2D eigenvalue weighted by Crippen LogP contribution is -2.45. The zero-order valence-corrected chi connectivity index (χ0v) is 14.5. The van der Waals surface area contributed by atoms with Gasteiger partial charge in [0.1, 0.15) is 11.5 Å². The Bertz CT molecular complexity index is 825. The highest BCUT2D eigenvalue weighted by molar-refractivity contribution is 5.92. The van der Waals surface area contributed by atoms with E-state index in [9.17, 15) is 9.59 Å². The number of carbonyl (C=O) groups excluding carboxylic acids is 1. The molecule has 8 nitrogen and oxygen atoms in total. The first-order valence-corrected chi connectivity index (χ1v) is 9.09. The maximum atomic E-state index is 12.2. The number of aromatic nitrogens is 4. The van der Waals surface area contributed by atoms with Gasteiger partial charge in [-0.1, -0.05) is 0 Å². The smallest absolute Gasteiger partial charge is 0.271 e. The van der Waals surface area contributed by atoms with Crippen molar-refractivity contribution in [3.8, 4) is 0 Å². The van der Waals surface area contributed by atoms with Crippen molar-refractivity contribution in [3.05, 3.63) is 46.8 Å². The number of nitrogens with one attached hydrogen (secondary N) is 1. The molecule has 0 radical (unpaired) electrons. The van der Waals surface area contributed by atoms with E-state index in [1.807, 2.05) is 0 Å². The van der Waals surface area contributed by atoms with Gasteiger partial charge >= 0.3 is 0 Å². The Morgan fingerprint density at radius 2 is 1.96 bits per heavy atom. The molecule has 0 atom stereocenters. The van der Waals surface area contributed by atoms with Crippen molar-refractivity contribution in [2.45, 2.75) is 38.3 Å². The molecule has 0 bridgehead atoms. The van der Waals surface area contributed by atoms with E-state index >= 15 is 0 Å². The number of amides is 1. The monoisotopic (exact) mass is 354 g/mol. The van der Waals surface area contributed by atoms with Crippen molar-refractivity contribution < 1.29 is 4.79 Å². The van der Waals surface area contributed by atoms with Crippen LogP contribution in [0.2, 0.25) is 0 Å². The molecule has 0 aromatic carbocycles. The van der Waals surface area contributed by atoms with Crippen molar-refractivity contribution >= 4 is 11.7 Å². The van der Waals surface area contributed by atoms with Gasteiger partial charge in [0.15, 0.2) is 0 Å². The molecular formula is C18H22N6O2. The van der Waals surface area contributed by atoms with E-state index in [2.05, 4.69) is 25.3 Å². The fourth-order valence-electron chi connectivity index (χ4n) is 3.21. The maximum Gasteiger partial charge on any atom is 0.271 e. The molecule has 1 saturated heterocycles. The molecule has 2 fully saturated rings. The van der Waals surface area contributed by atoms with Gasteiger partial charge in [-0.25, -0.2) is 9.67 Å². The van der Waals surface area contributed by atoms with Gasteiger partial charge in [0.25, 0.3) is 11.5 Å². The fourth-order valence-corrected chi connectivity index (χ4v) is 3.21. The number of anilines is 1. The summed E-state index contributed by atoms with van der Waals surface area (Å²) in [5.41, 5.74) is 0.301. The van der Waals surface area contributed by atoms with Crippen LogP contribution >= 0.6 is 0 Å². The first kappa shape index (κ1) is 16.7. The highest BCUT2D eigenvalue weighted by Gasteiger charge is 2.25. The molecule has 1 aliphatic carbocycles. The molecule has 26 heavy (non-hydrogen) atoms. The van der Waals surface area contributed by atoms with E-state index in [4.69, 9.17) is 0 Å². The maximum absolute atomic E-state index is 12.2. The molecule has 1 saturated carbocycles. The second kappa shape index (κ2) is 7.23. The number of hydrogen-bond donors (Lipinski definition) is 1. The first-order chi connectivity index (χ1) is 12.7. The van der Waals surface area contributed by atoms with Crippen LogP contribution in [0.5, 0.6) is 0 Å². The normalized spacial score (nSPS) is 17.9. The van der Waals surface area contributed by atoms with Gasteiger partial charge in [0.2, 0.25) is 0 Å². The average molecular weight is 354 g/mol. The van der Waals surface area contributed by atoms with Gasteiger partial charge in [-0.15, -0.1) is 0 Å². The molecule has 4 rings (SSSR count). The van der Waals surface area contributed by atoms with Crippen molar-refractivity contribution in [3.63, 3.8) is 0 Å².